The number of hydrogen-bond acceptors (Lipinski definition) is 4. The van der Waals surface area contributed by atoms with Gasteiger partial charge in [0.25, 0.3) is 0 Å². The predicted octanol–water partition coefficient (Wildman–Crippen LogP) is 4.80. The lowest BCUT2D eigenvalue weighted by atomic mass is 9.70. The van der Waals surface area contributed by atoms with Crippen molar-refractivity contribution < 1.29 is 18.0 Å². The first-order valence-electron chi connectivity index (χ1n) is 10.5. The fourth-order valence-corrected chi connectivity index (χ4v) is 7.76. The molecule has 2 aliphatic rings. The van der Waals surface area contributed by atoms with Crippen LogP contribution in [0, 0.1) is 16.7 Å². The van der Waals surface area contributed by atoms with Crippen molar-refractivity contribution in [3.8, 4) is 0 Å². The van der Waals surface area contributed by atoms with Crippen molar-refractivity contribution in [2.24, 2.45) is 22.5 Å². The maximum absolute atomic E-state index is 13.3. The van der Waals surface area contributed by atoms with Crippen molar-refractivity contribution in [3.05, 3.63) is 53.0 Å². The van der Waals surface area contributed by atoms with Crippen LogP contribution in [0.3, 0.4) is 0 Å². The van der Waals surface area contributed by atoms with Crippen molar-refractivity contribution in [2.45, 2.75) is 33.1 Å². The third-order valence-electron chi connectivity index (χ3n) is 7.30. The summed E-state index contributed by atoms with van der Waals surface area (Å²) in [7, 11) is -3.90. The van der Waals surface area contributed by atoms with Gasteiger partial charge in [0.1, 0.15) is 5.78 Å². The van der Waals surface area contributed by atoms with Gasteiger partial charge in [-0.25, -0.2) is 13.2 Å². The highest BCUT2D eigenvalue weighted by molar-refractivity contribution is 9.10. The van der Waals surface area contributed by atoms with Crippen molar-refractivity contribution >= 4 is 54.8 Å². The monoisotopic (exact) mass is 519 g/mol. The topological polar surface area (TPSA) is 110 Å². The lowest BCUT2D eigenvalue weighted by molar-refractivity contribution is -0.128. The highest BCUT2D eigenvalue weighted by Crippen LogP contribution is 2.64. The number of urea groups is 1. The van der Waals surface area contributed by atoms with Gasteiger partial charge in [0.2, 0.25) is 10.0 Å². The zero-order chi connectivity index (χ0) is 23.3. The maximum atomic E-state index is 13.3. The van der Waals surface area contributed by atoms with Crippen molar-refractivity contribution in [1.29, 1.82) is 0 Å². The van der Waals surface area contributed by atoms with E-state index in [0.717, 1.165) is 6.42 Å². The van der Waals surface area contributed by atoms with Crippen LogP contribution in [0.1, 0.15) is 33.1 Å². The standard InChI is InChI=1S/C23H26BrN3O4S/c1-22(2)15-11-12-23(22,20(28)13-15)14-32(30,31)26-17-8-4-6-10-19(17)27(21(25)29)18-9-5-3-7-16(18)24/h3-10,15,26H,11-14H2,1-2H3,(H2,25,29)/t15?,23-/m1/s1. The number of rotatable bonds is 6. The molecule has 2 fully saturated rings. The second-order valence-corrected chi connectivity index (χ2v) is 11.7. The summed E-state index contributed by atoms with van der Waals surface area (Å²) in [6.45, 7) is 4.00. The number of sulfonamides is 1. The Morgan fingerprint density at radius 2 is 1.78 bits per heavy atom. The van der Waals surface area contributed by atoms with Crippen molar-refractivity contribution in [1.82, 2.24) is 0 Å². The smallest absolute Gasteiger partial charge is 0.323 e. The number of hydrogen-bond donors (Lipinski definition) is 2. The van der Waals surface area contributed by atoms with Gasteiger partial charge < -0.3 is 5.73 Å². The van der Waals surface area contributed by atoms with E-state index >= 15 is 0 Å². The average Bonchev–Trinajstić information content (AvgIpc) is 3.04. The summed E-state index contributed by atoms with van der Waals surface area (Å²) in [6.07, 6.45) is 1.88. The lowest BCUT2D eigenvalue weighted by Crippen LogP contribution is -2.43. The SMILES string of the molecule is CC1(C)C2CC[C@@]1(CS(=O)(=O)Nc1ccccc1N(C(N)=O)c1ccccc1Br)C(=O)C2. The number of benzene rings is 2. The Morgan fingerprint density at radius 1 is 1.16 bits per heavy atom. The van der Waals surface area contributed by atoms with Gasteiger partial charge in [-0.05, 0) is 64.4 Å². The number of fused-ring (bicyclic) bond motifs is 2. The number of amides is 2. The molecule has 2 bridgehead atoms. The van der Waals surface area contributed by atoms with E-state index in [0.29, 0.717) is 28.7 Å². The summed E-state index contributed by atoms with van der Waals surface area (Å²) in [5.41, 5.74) is 5.43. The van der Waals surface area contributed by atoms with Crippen molar-refractivity contribution in [3.63, 3.8) is 0 Å². The molecule has 2 saturated carbocycles. The third kappa shape index (κ3) is 3.61. The summed E-state index contributed by atoms with van der Waals surface area (Å²) >= 11 is 3.42. The molecule has 0 aromatic heterocycles. The molecule has 0 aliphatic heterocycles. The fourth-order valence-electron chi connectivity index (χ4n) is 5.39. The Kier molecular flexibility index (Phi) is 5.61. The highest BCUT2D eigenvalue weighted by Gasteiger charge is 2.65. The molecular weight excluding hydrogens is 494 g/mol. The fraction of sp³-hybridized carbons (Fsp3) is 0.391. The summed E-state index contributed by atoms with van der Waals surface area (Å²) < 4.78 is 29.9. The van der Waals surface area contributed by atoms with E-state index in [1.807, 2.05) is 13.8 Å². The molecule has 170 valence electrons. The van der Waals surface area contributed by atoms with E-state index in [-0.39, 0.29) is 28.6 Å². The molecule has 2 aromatic rings. The van der Waals surface area contributed by atoms with Gasteiger partial charge in [0.05, 0.1) is 28.2 Å². The number of para-hydroxylation sites is 3. The zero-order valence-electron chi connectivity index (χ0n) is 18.0. The van der Waals surface area contributed by atoms with E-state index in [4.69, 9.17) is 5.73 Å². The first-order valence-corrected chi connectivity index (χ1v) is 12.9. The molecular formula is C23H26BrN3O4S. The van der Waals surface area contributed by atoms with E-state index in [1.165, 1.54) is 4.90 Å². The second kappa shape index (κ2) is 7.88. The van der Waals surface area contributed by atoms with Crippen molar-refractivity contribution in [2.75, 3.05) is 15.4 Å². The summed E-state index contributed by atoms with van der Waals surface area (Å²) in [5, 5.41) is 0. The number of nitrogens with zero attached hydrogens (tertiary/aromatic N) is 1. The molecule has 3 N–H and O–H groups in total. The number of ketones is 1. The molecule has 9 heteroatoms. The van der Waals surface area contributed by atoms with E-state index < -0.39 is 21.5 Å². The van der Waals surface area contributed by atoms with Crippen LogP contribution in [-0.2, 0) is 14.8 Å². The number of carbonyl (C=O) groups is 2. The first kappa shape index (κ1) is 22.8. The molecule has 2 amide bonds. The van der Waals surface area contributed by atoms with E-state index in [1.54, 1.807) is 48.5 Å². The number of carbonyl (C=O) groups excluding carboxylic acids is 2. The number of nitrogens with one attached hydrogen (secondary N) is 1. The number of anilines is 3. The first-order chi connectivity index (χ1) is 15.0. The van der Waals surface area contributed by atoms with Gasteiger partial charge in [0.15, 0.2) is 0 Å². The quantitative estimate of drug-likeness (QED) is 0.570. The minimum absolute atomic E-state index is 0.0318. The molecule has 1 unspecified atom stereocenters. The summed E-state index contributed by atoms with van der Waals surface area (Å²) in [6, 6.07) is 12.8. The second-order valence-electron chi connectivity index (χ2n) is 9.17. The van der Waals surface area contributed by atoms with Crippen LogP contribution in [0.2, 0.25) is 0 Å². The van der Waals surface area contributed by atoms with E-state index in [9.17, 15) is 18.0 Å². The minimum Gasteiger partial charge on any atom is -0.351 e. The third-order valence-corrected chi connectivity index (χ3v) is 9.37. The molecule has 2 atom stereocenters. The Bertz CT molecular complexity index is 1200. The number of nitrogens with two attached hydrogens (primary N) is 1. The largest absolute Gasteiger partial charge is 0.351 e. The number of halogens is 1. The predicted molar refractivity (Wildman–Crippen MR) is 128 cm³/mol. The minimum atomic E-state index is -3.90. The van der Waals surface area contributed by atoms with Gasteiger partial charge in [-0.2, -0.15) is 0 Å². The molecule has 2 aromatic carbocycles. The van der Waals surface area contributed by atoms with Gasteiger partial charge in [-0.1, -0.05) is 38.1 Å². The van der Waals surface area contributed by atoms with Crippen LogP contribution < -0.4 is 15.4 Å². The molecule has 0 radical (unpaired) electrons. The Hall–Kier alpha value is -2.39. The summed E-state index contributed by atoms with van der Waals surface area (Å²) in [4.78, 5) is 26.5. The molecule has 0 heterocycles. The van der Waals surface area contributed by atoms with Gasteiger partial charge >= 0.3 is 6.03 Å². The summed E-state index contributed by atoms with van der Waals surface area (Å²) in [5.74, 6) is -0.0231. The zero-order valence-corrected chi connectivity index (χ0v) is 20.4. The molecule has 4 rings (SSSR count). The molecule has 7 nitrogen and oxygen atoms in total. The maximum Gasteiger partial charge on any atom is 0.323 e. The number of Topliss-reactive ketones (excluding diaryl/α,β-unsaturated/α-hetero) is 1. The van der Waals surface area contributed by atoms with E-state index in [2.05, 4.69) is 20.7 Å². The molecule has 0 saturated heterocycles. The van der Waals surface area contributed by atoms with Gasteiger partial charge in [-0.3, -0.25) is 14.4 Å². The van der Waals surface area contributed by atoms with Crippen LogP contribution in [0.4, 0.5) is 21.9 Å². The highest BCUT2D eigenvalue weighted by atomic mass is 79.9. The lowest BCUT2D eigenvalue weighted by Gasteiger charge is -2.36. The Morgan fingerprint density at radius 3 is 2.34 bits per heavy atom. The van der Waals surface area contributed by atoms with Crippen LogP contribution in [-0.4, -0.2) is 26.0 Å². The van der Waals surface area contributed by atoms with Crippen LogP contribution >= 0.6 is 15.9 Å². The van der Waals surface area contributed by atoms with Crippen LogP contribution in [0.25, 0.3) is 0 Å². The Labute approximate surface area is 196 Å². The normalized spacial score (nSPS) is 23.8. The molecule has 2 aliphatic carbocycles. The average molecular weight is 520 g/mol. The van der Waals surface area contributed by atoms with Crippen LogP contribution in [0.5, 0.6) is 0 Å². The number of primary amides is 1. The molecule has 0 spiro atoms. The van der Waals surface area contributed by atoms with Crippen LogP contribution in [0.15, 0.2) is 53.0 Å². The Balaban J connectivity index is 1.70. The van der Waals surface area contributed by atoms with Gasteiger partial charge in [0, 0.05) is 10.9 Å². The molecule has 32 heavy (non-hydrogen) atoms. The van der Waals surface area contributed by atoms with Gasteiger partial charge in [-0.15, -0.1) is 0 Å².